The summed E-state index contributed by atoms with van der Waals surface area (Å²) >= 11 is 0. The standard InChI is InChI=1S/C12H12O2.C2H6/c1-7-8(2)12(14)10-6-4-3-5-9(10)11(7)13;1-2/h3-8H,1-2H3;1-2H3. The molecule has 2 unspecified atom stereocenters. The van der Waals surface area contributed by atoms with Crippen molar-refractivity contribution in [2.75, 3.05) is 0 Å². The van der Waals surface area contributed by atoms with Crippen molar-refractivity contribution in [1.29, 1.82) is 0 Å². The van der Waals surface area contributed by atoms with Gasteiger partial charge in [0.15, 0.2) is 11.6 Å². The van der Waals surface area contributed by atoms with Gasteiger partial charge in [-0.05, 0) is 0 Å². The number of Topliss-reactive ketones (excluding diaryl/α,β-unsaturated/α-hetero) is 2. The summed E-state index contributed by atoms with van der Waals surface area (Å²) in [4.78, 5) is 23.6. The normalized spacial score (nSPS) is 23.2. The number of hydrogen-bond acceptors (Lipinski definition) is 2. The van der Waals surface area contributed by atoms with E-state index in [1.54, 1.807) is 24.3 Å². The predicted octanol–water partition coefficient (Wildman–Crippen LogP) is 3.36. The van der Waals surface area contributed by atoms with Gasteiger partial charge in [0.1, 0.15) is 0 Å². The number of fused-ring (bicyclic) bond motifs is 1. The molecule has 1 aromatic carbocycles. The lowest BCUT2D eigenvalue weighted by Gasteiger charge is -2.24. The molecular formula is C14H18O2. The SMILES string of the molecule is CC.CC1C(=O)c2ccccc2C(=O)C1C. The summed E-state index contributed by atoms with van der Waals surface area (Å²) < 4.78 is 0. The fourth-order valence-corrected chi connectivity index (χ4v) is 1.86. The van der Waals surface area contributed by atoms with Crippen LogP contribution >= 0.6 is 0 Å². The number of ketones is 2. The summed E-state index contributed by atoms with van der Waals surface area (Å²) in [7, 11) is 0. The van der Waals surface area contributed by atoms with E-state index in [9.17, 15) is 9.59 Å². The van der Waals surface area contributed by atoms with E-state index in [4.69, 9.17) is 0 Å². The maximum atomic E-state index is 11.8. The zero-order chi connectivity index (χ0) is 12.3. The Bertz CT molecular complexity index is 368. The molecule has 2 heteroatoms. The molecule has 1 aliphatic rings. The van der Waals surface area contributed by atoms with Gasteiger partial charge in [-0.15, -0.1) is 0 Å². The topological polar surface area (TPSA) is 34.1 Å². The smallest absolute Gasteiger partial charge is 0.167 e. The highest BCUT2D eigenvalue weighted by molar-refractivity contribution is 6.15. The molecule has 16 heavy (non-hydrogen) atoms. The summed E-state index contributed by atoms with van der Waals surface area (Å²) in [5, 5.41) is 0. The first-order valence-corrected chi connectivity index (χ1v) is 5.80. The molecule has 1 aromatic rings. The maximum Gasteiger partial charge on any atom is 0.167 e. The van der Waals surface area contributed by atoms with E-state index in [2.05, 4.69) is 0 Å². The van der Waals surface area contributed by atoms with Crippen molar-refractivity contribution in [3.63, 3.8) is 0 Å². The Labute approximate surface area is 96.7 Å². The third kappa shape index (κ3) is 1.92. The molecule has 2 nitrogen and oxygen atoms in total. The molecule has 2 rings (SSSR count). The van der Waals surface area contributed by atoms with Crippen LogP contribution in [0.4, 0.5) is 0 Å². The zero-order valence-electron chi connectivity index (χ0n) is 10.3. The van der Waals surface area contributed by atoms with Crippen LogP contribution in [0.2, 0.25) is 0 Å². The highest BCUT2D eigenvalue weighted by Crippen LogP contribution is 2.29. The Morgan fingerprint density at radius 2 is 1.12 bits per heavy atom. The molecule has 0 amide bonds. The van der Waals surface area contributed by atoms with Crippen molar-refractivity contribution in [2.45, 2.75) is 27.7 Å². The largest absolute Gasteiger partial charge is 0.294 e. The molecule has 2 atom stereocenters. The highest BCUT2D eigenvalue weighted by atomic mass is 16.1. The van der Waals surface area contributed by atoms with E-state index in [-0.39, 0.29) is 23.4 Å². The quantitative estimate of drug-likeness (QED) is 0.669. The average Bonchev–Trinajstić information content (AvgIpc) is 2.36. The molecule has 0 N–H and O–H groups in total. The van der Waals surface area contributed by atoms with E-state index < -0.39 is 0 Å². The summed E-state index contributed by atoms with van der Waals surface area (Å²) in [5.41, 5.74) is 1.17. The van der Waals surface area contributed by atoms with Crippen LogP contribution in [0.15, 0.2) is 24.3 Å². The van der Waals surface area contributed by atoms with Gasteiger partial charge in [-0.1, -0.05) is 52.0 Å². The molecular weight excluding hydrogens is 200 g/mol. The molecule has 0 fully saturated rings. The van der Waals surface area contributed by atoms with Gasteiger partial charge >= 0.3 is 0 Å². The van der Waals surface area contributed by atoms with Gasteiger partial charge < -0.3 is 0 Å². The van der Waals surface area contributed by atoms with Crippen molar-refractivity contribution in [1.82, 2.24) is 0 Å². The summed E-state index contributed by atoms with van der Waals surface area (Å²) in [6, 6.07) is 7.06. The maximum absolute atomic E-state index is 11.8. The number of hydrogen-bond donors (Lipinski definition) is 0. The van der Waals surface area contributed by atoms with E-state index in [1.807, 2.05) is 27.7 Å². The zero-order valence-corrected chi connectivity index (χ0v) is 10.3. The van der Waals surface area contributed by atoms with Gasteiger partial charge in [0.2, 0.25) is 0 Å². The van der Waals surface area contributed by atoms with Crippen LogP contribution < -0.4 is 0 Å². The average molecular weight is 218 g/mol. The summed E-state index contributed by atoms with van der Waals surface area (Å²) in [5.74, 6) is -0.185. The van der Waals surface area contributed by atoms with Gasteiger partial charge in [-0.2, -0.15) is 0 Å². The molecule has 0 heterocycles. The molecule has 0 saturated carbocycles. The third-order valence-electron chi connectivity index (χ3n) is 3.04. The fraction of sp³-hybridized carbons (Fsp3) is 0.429. The van der Waals surface area contributed by atoms with Crippen molar-refractivity contribution >= 4 is 11.6 Å². The first-order valence-electron chi connectivity index (χ1n) is 5.80. The minimum absolute atomic E-state index is 0.0905. The Hall–Kier alpha value is -1.44. The molecule has 86 valence electrons. The molecule has 0 aliphatic heterocycles. The second kappa shape index (κ2) is 5.06. The van der Waals surface area contributed by atoms with Crippen molar-refractivity contribution < 1.29 is 9.59 Å². The summed E-state index contributed by atoms with van der Waals surface area (Å²) in [6.07, 6.45) is 0. The van der Waals surface area contributed by atoms with Crippen LogP contribution in [0.3, 0.4) is 0 Å². The predicted molar refractivity (Wildman–Crippen MR) is 64.8 cm³/mol. The minimum atomic E-state index is -0.183. The number of carbonyl (C=O) groups excluding carboxylic acids is 2. The number of rotatable bonds is 0. The molecule has 0 bridgehead atoms. The van der Waals surface area contributed by atoms with Gasteiger partial charge in [-0.3, -0.25) is 9.59 Å². The Morgan fingerprint density at radius 1 is 0.812 bits per heavy atom. The Morgan fingerprint density at radius 3 is 1.44 bits per heavy atom. The monoisotopic (exact) mass is 218 g/mol. The highest BCUT2D eigenvalue weighted by Gasteiger charge is 2.35. The summed E-state index contributed by atoms with van der Waals surface area (Å²) in [6.45, 7) is 7.64. The molecule has 0 aromatic heterocycles. The van der Waals surface area contributed by atoms with Crippen LogP contribution in [0, 0.1) is 11.8 Å². The lowest BCUT2D eigenvalue weighted by atomic mass is 9.76. The van der Waals surface area contributed by atoms with Gasteiger partial charge in [0.25, 0.3) is 0 Å². The van der Waals surface area contributed by atoms with Crippen LogP contribution in [-0.2, 0) is 0 Å². The van der Waals surface area contributed by atoms with E-state index >= 15 is 0 Å². The van der Waals surface area contributed by atoms with Crippen molar-refractivity contribution in [3.05, 3.63) is 35.4 Å². The number of carbonyl (C=O) groups is 2. The van der Waals surface area contributed by atoms with Gasteiger partial charge in [0.05, 0.1) is 0 Å². The fourth-order valence-electron chi connectivity index (χ4n) is 1.86. The molecule has 0 radical (unpaired) electrons. The minimum Gasteiger partial charge on any atom is -0.294 e. The second-order valence-corrected chi connectivity index (χ2v) is 3.85. The van der Waals surface area contributed by atoms with Crippen molar-refractivity contribution in [3.8, 4) is 0 Å². The van der Waals surface area contributed by atoms with Crippen LogP contribution in [-0.4, -0.2) is 11.6 Å². The van der Waals surface area contributed by atoms with E-state index in [0.29, 0.717) is 11.1 Å². The lowest BCUT2D eigenvalue weighted by molar-refractivity contribution is 0.0763. The first-order chi connectivity index (χ1) is 7.63. The van der Waals surface area contributed by atoms with Crippen LogP contribution in [0.5, 0.6) is 0 Å². The lowest BCUT2D eigenvalue weighted by Crippen LogP contribution is -2.32. The van der Waals surface area contributed by atoms with Crippen LogP contribution in [0.1, 0.15) is 48.4 Å². The van der Waals surface area contributed by atoms with Gasteiger partial charge in [-0.25, -0.2) is 0 Å². The van der Waals surface area contributed by atoms with E-state index in [1.165, 1.54) is 0 Å². The third-order valence-corrected chi connectivity index (χ3v) is 3.04. The molecule has 0 spiro atoms. The Balaban J connectivity index is 0.000000606. The molecule has 0 saturated heterocycles. The molecule has 1 aliphatic carbocycles. The van der Waals surface area contributed by atoms with Gasteiger partial charge in [0, 0.05) is 23.0 Å². The van der Waals surface area contributed by atoms with Crippen LogP contribution in [0.25, 0.3) is 0 Å². The number of benzene rings is 1. The Kier molecular flexibility index (Phi) is 3.99. The van der Waals surface area contributed by atoms with Crippen molar-refractivity contribution in [2.24, 2.45) is 11.8 Å². The first kappa shape index (κ1) is 12.6. The second-order valence-electron chi connectivity index (χ2n) is 3.85. The van der Waals surface area contributed by atoms with E-state index in [0.717, 1.165) is 0 Å².